The van der Waals surface area contributed by atoms with E-state index in [0.29, 0.717) is 11.4 Å². The van der Waals surface area contributed by atoms with E-state index in [4.69, 9.17) is 4.74 Å². The van der Waals surface area contributed by atoms with Gasteiger partial charge in [-0.3, -0.25) is 13.9 Å². The minimum absolute atomic E-state index is 0.0980. The lowest BCUT2D eigenvalue weighted by atomic mass is 9.95. The average molecular weight is 581 g/mol. The standard InChI is InChI=1S/C26H34BrN3O5S/c1-19(26(32)28-22-11-5-4-6-12-22)29(17-20-9-7-10-21(27)15-20)25(31)18-30(36(3,33)34)23-13-8-14-24(16-23)35-2/h7-10,13-16,19,22H,4-6,11-12,17-18H2,1-3H3,(H,28,32)/t19-/m1/s1. The van der Waals surface area contributed by atoms with Gasteiger partial charge in [0, 0.05) is 23.1 Å². The Morgan fingerprint density at radius 1 is 1.11 bits per heavy atom. The molecular formula is C26H34BrN3O5S. The van der Waals surface area contributed by atoms with Crippen molar-refractivity contribution in [1.29, 1.82) is 0 Å². The number of rotatable bonds is 10. The van der Waals surface area contributed by atoms with Gasteiger partial charge in [-0.2, -0.15) is 0 Å². The number of hydrogen-bond donors (Lipinski definition) is 1. The Bertz CT molecular complexity index is 1170. The first-order valence-electron chi connectivity index (χ1n) is 12.0. The summed E-state index contributed by atoms with van der Waals surface area (Å²) in [4.78, 5) is 28.3. The summed E-state index contributed by atoms with van der Waals surface area (Å²) in [6.45, 7) is 1.40. The third kappa shape index (κ3) is 7.70. The normalized spacial score (nSPS) is 15.1. The van der Waals surface area contributed by atoms with E-state index in [1.165, 1.54) is 18.4 Å². The molecule has 1 aliphatic rings. The van der Waals surface area contributed by atoms with Crippen molar-refractivity contribution in [2.75, 3.05) is 24.2 Å². The molecule has 2 aromatic carbocycles. The Balaban J connectivity index is 1.88. The minimum atomic E-state index is -3.80. The fourth-order valence-corrected chi connectivity index (χ4v) is 5.65. The van der Waals surface area contributed by atoms with Crippen LogP contribution in [0.4, 0.5) is 5.69 Å². The topological polar surface area (TPSA) is 96.0 Å². The van der Waals surface area contributed by atoms with E-state index in [9.17, 15) is 18.0 Å². The van der Waals surface area contributed by atoms with Crippen LogP contribution in [0.3, 0.4) is 0 Å². The van der Waals surface area contributed by atoms with Gasteiger partial charge in [-0.15, -0.1) is 0 Å². The lowest BCUT2D eigenvalue weighted by Gasteiger charge is -2.33. The molecule has 1 N–H and O–H groups in total. The second-order valence-corrected chi connectivity index (χ2v) is 12.0. The van der Waals surface area contributed by atoms with Crippen molar-refractivity contribution in [2.45, 2.75) is 57.7 Å². The monoisotopic (exact) mass is 579 g/mol. The number of nitrogens with zero attached hydrogens (tertiary/aromatic N) is 2. The van der Waals surface area contributed by atoms with Crippen LogP contribution >= 0.6 is 15.9 Å². The van der Waals surface area contributed by atoms with Crippen LogP contribution in [0.5, 0.6) is 5.75 Å². The van der Waals surface area contributed by atoms with E-state index in [2.05, 4.69) is 21.2 Å². The van der Waals surface area contributed by atoms with Gasteiger partial charge in [-0.1, -0.05) is 53.4 Å². The SMILES string of the molecule is COc1cccc(N(CC(=O)N(Cc2cccc(Br)c2)[C@H](C)C(=O)NC2CCCCC2)S(C)(=O)=O)c1. The molecule has 1 aliphatic carbocycles. The van der Waals surface area contributed by atoms with Gasteiger partial charge in [0.05, 0.1) is 19.1 Å². The highest BCUT2D eigenvalue weighted by Crippen LogP contribution is 2.24. The number of hydrogen-bond acceptors (Lipinski definition) is 5. The molecule has 1 atom stereocenters. The number of ether oxygens (including phenoxy) is 1. The van der Waals surface area contributed by atoms with Crippen molar-refractivity contribution in [3.63, 3.8) is 0 Å². The van der Waals surface area contributed by atoms with Gasteiger partial charge in [0.2, 0.25) is 21.8 Å². The molecule has 0 unspecified atom stereocenters. The fourth-order valence-electron chi connectivity index (χ4n) is 4.36. The number of carbonyl (C=O) groups is 2. The zero-order valence-corrected chi connectivity index (χ0v) is 23.3. The summed E-state index contributed by atoms with van der Waals surface area (Å²) in [6, 6.07) is 13.3. The van der Waals surface area contributed by atoms with Gasteiger partial charge < -0.3 is 15.0 Å². The third-order valence-electron chi connectivity index (χ3n) is 6.38. The van der Waals surface area contributed by atoms with Gasteiger partial charge in [0.1, 0.15) is 18.3 Å². The summed E-state index contributed by atoms with van der Waals surface area (Å²) in [7, 11) is -2.31. The number of benzene rings is 2. The number of sulfonamides is 1. The van der Waals surface area contributed by atoms with Crippen LogP contribution in [-0.4, -0.2) is 57.1 Å². The predicted molar refractivity (Wildman–Crippen MR) is 144 cm³/mol. The largest absolute Gasteiger partial charge is 0.497 e. The maximum absolute atomic E-state index is 13.7. The maximum Gasteiger partial charge on any atom is 0.244 e. The number of methoxy groups -OCH3 is 1. The van der Waals surface area contributed by atoms with E-state index in [1.807, 2.05) is 24.3 Å². The Morgan fingerprint density at radius 3 is 2.44 bits per heavy atom. The highest BCUT2D eigenvalue weighted by atomic mass is 79.9. The van der Waals surface area contributed by atoms with Crippen LogP contribution in [0.2, 0.25) is 0 Å². The smallest absolute Gasteiger partial charge is 0.244 e. The van der Waals surface area contributed by atoms with Crippen LogP contribution in [0, 0.1) is 0 Å². The molecule has 196 valence electrons. The van der Waals surface area contributed by atoms with E-state index >= 15 is 0 Å². The summed E-state index contributed by atoms with van der Waals surface area (Å²) in [5, 5.41) is 3.09. The summed E-state index contributed by atoms with van der Waals surface area (Å²) in [5.74, 6) is -0.244. The first-order valence-corrected chi connectivity index (χ1v) is 14.7. The lowest BCUT2D eigenvalue weighted by molar-refractivity contribution is -0.139. The maximum atomic E-state index is 13.7. The van der Waals surface area contributed by atoms with Crippen LogP contribution in [-0.2, 0) is 26.2 Å². The summed E-state index contributed by atoms with van der Waals surface area (Å²) < 4.78 is 32.5. The fraction of sp³-hybridized carbons (Fsp3) is 0.462. The Morgan fingerprint density at radius 2 is 1.81 bits per heavy atom. The van der Waals surface area contributed by atoms with E-state index in [1.54, 1.807) is 31.2 Å². The van der Waals surface area contributed by atoms with Crippen LogP contribution in [0.15, 0.2) is 53.0 Å². The number of halogens is 1. The van der Waals surface area contributed by atoms with Gasteiger partial charge in [-0.25, -0.2) is 8.42 Å². The van der Waals surface area contributed by atoms with Crippen molar-refractivity contribution in [2.24, 2.45) is 0 Å². The van der Waals surface area contributed by atoms with E-state index < -0.39 is 28.5 Å². The Hall–Kier alpha value is -2.59. The molecule has 8 nitrogen and oxygen atoms in total. The summed E-state index contributed by atoms with van der Waals surface area (Å²) in [6.07, 6.45) is 6.22. The molecule has 0 radical (unpaired) electrons. The lowest BCUT2D eigenvalue weighted by Crippen LogP contribution is -2.52. The molecule has 2 aromatic rings. The second-order valence-electron chi connectivity index (χ2n) is 9.14. The molecule has 0 heterocycles. The Kier molecular flexibility index (Phi) is 9.78. The molecule has 0 saturated heterocycles. The molecule has 3 rings (SSSR count). The predicted octanol–water partition coefficient (Wildman–Crippen LogP) is 4.09. The molecule has 36 heavy (non-hydrogen) atoms. The Labute approximate surface area is 222 Å². The number of anilines is 1. The highest BCUT2D eigenvalue weighted by molar-refractivity contribution is 9.10. The van der Waals surface area contributed by atoms with Crippen LogP contribution in [0.25, 0.3) is 0 Å². The van der Waals surface area contributed by atoms with E-state index in [-0.39, 0.29) is 18.5 Å². The molecule has 1 saturated carbocycles. The first-order chi connectivity index (χ1) is 17.1. The second kappa shape index (κ2) is 12.6. The summed E-state index contributed by atoms with van der Waals surface area (Å²) in [5.41, 5.74) is 1.13. The molecule has 2 amide bonds. The van der Waals surface area contributed by atoms with Crippen molar-refractivity contribution < 1.29 is 22.7 Å². The van der Waals surface area contributed by atoms with Crippen LogP contribution < -0.4 is 14.4 Å². The van der Waals surface area contributed by atoms with Crippen molar-refractivity contribution in [3.8, 4) is 5.75 Å². The number of carbonyl (C=O) groups excluding carboxylic acids is 2. The molecule has 0 spiro atoms. The van der Waals surface area contributed by atoms with Crippen molar-refractivity contribution in [3.05, 3.63) is 58.6 Å². The molecular weight excluding hydrogens is 546 g/mol. The average Bonchev–Trinajstić information content (AvgIpc) is 2.85. The molecule has 1 fully saturated rings. The summed E-state index contributed by atoms with van der Waals surface area (Å²) >= 11 is 3.45. The van der Waals surface area contributed by atoms with Gasteiger partial charge in [-0.05, 0) is 49.6 Å². The highest BCUT2D eigenvalue weighted by Gasteiger charge is 2.31. The third-order valence-corrected chi connectivity index (χ3v) is 8.02. The van der Waals surface area contributed by atoms with E-state index in [0.717, 1.165) is 46.3 Å². The quantitative estimate of drug-likeness (QED) is 0.457. The van der Waals surface area contributed by atoms with Crippen molar-refractivity contribution >= 4 is 43.5 Å². The number of amides is 2. The van der Waals surface area contributed by atoms with Crippen LogP contribution in [0.1, 0.15) is 44.6 Å². The molecule has 10 heteroatoms. The van der Waals surface area contributed by atoms with Gasteiger partial charge in [0.15, 0.2) is 0 Å². The van der Waals surface area contributed by atoms with Gasteiger partial charge >= 0.3 is 0 Å². The van der Waals surface area contributed by atoms with Gasteiger partial charge in [0.25, 0.3) is 0 Å². The zero-order valence-electron chi connectivity index (χ0n) is 20.9. The minimum Gasteiger partial charge on any atom is -0.497 e. The first kappa shape index (κ1) is 28.0. The number of nitrogens with one attached hydrogen (secondary N) is 1. The van der Waals surface area contributed by atoms with Crippen molar-refractivity contribution in [1.82, 2.24) is 10.2 Å². The molecule has 0 aromatic heterocycles. The molecule has 0 bridgehead atoms. The molecule has 0 aliphatic heterocycles. The zero-order chi connectivity index (χ0) is 26.3.